The van der Waals surface area contributed by atoms with Gasteiger partial charge in [0.1, 0.15) is 0 Å². The summed E-state index contributed by atoms with van der Waals surface area (Å²) in [7, 11) is 0. The Morgan fingerprint density at radius 2 is 2.47 bits per heavy atom. The van der Waals surface area contributed by atoms with Crippen LogP contribution < -0.4 is 5.32 Å². The molecule has 5 nitrogen and oxygen atoms in total. The second kappa shape index (κ2) is 4.62. The Bertz CT molecular complexity index is 428. The molecule has 0 saturated heterocycles. The number of hydrogen-bond acceptors (Lipinski definition) is 4. The predicted molar refractivity (Wildman–Crippen MR) is 57.8 cm³/mol. The van der Waals surface area contributed by atoms with Crippen LogP contribution in [-0.4, -0.2) is 15.9 Å². The molecule has 0 bridgehead atoms. The van der Waals surface area contributed by atoms with Crippen molar-refractivity contribution < 1.29 is 4.92 Å². The number of nitrogens with one attached hydrogen (secondary N) is 1. The van der Waals surface area contributed by atoms with Gasteiger partial charge >= 0.3 is 5.69 Å². The van der Waals surface area contributed by atoms with Crippen molar-refractivity contribution >= 4 is 23.1 Å². The SMILES string of the molecule is C#CC(C)Nc1ncc(Cl)cc1[N+](=O)[O-]. The molecular formula is C9H8ClN3O2. The molecule has 1 atom stereocenters. The zero-order valence-electron chi connectivity index (χ0n) is 7.90. The summed E-state index contributed by atoms with van der Waals surface area (Å²) < 4.78 is 0. The van der Waals surface area contributed by atoms with E-state index in [0.717, 1.165) is 0 Å². The smallest absolute Gasteiger partial charge is 0.312 e. The number of pyridine rings is 1. The monoisotopic (exact) mass is 225 g/mol. The van der Waals surface area contributed by atoms with Crippen LogP contribution in [0.4, 0.5) is 11.5 Å². The highest BCUT2D eigenvalue weighted by atomic mass is 35.5. The summed E-state index contributed by atoms with van der Waals surface area (Å²) in [5.74, 6) is 2.51. The fraction of sp³-hybridized carbons (Fsp3) is 0.222. The van der Waals surface area contributed by atoms with E-state index in [-0.39, 0.29) is 22.6 Å². The van der Waals surface area contributed by atoms with Crippen LogP contribution in [0.15, 0.2) is 12.3 Å². The molecule has 1 N–H and O–H groups in total. The maximum Gasteiger partial charge on any atom is 0.312 e. The molecule has 1 rings (SSSR count). The predicted octanol–water partition coefficient (Wildman–Crippen LogP) is 2.08. The molecule has 0 amide bonds. The molecule has 0 saturated carbocycles. The Labute approximate surface area is 91.6 Å². The fourth-order valence-corrected chi connectivity index (χ4v) is 1.08. The van der Waals surface area contributed by atoms with Gasteiger partial charge in [-0.3, -0.25) is 10.1 Å². The number of rotatable bonds is 3. The highest BCUT2D eigenvalue weighted by Crippen LogP contribution is 2.25. The van der Waals surface area contributed by atoms with Gasteiger partial charge in [0.25, 0.3) is 0 Å². The molecule has 0 radical (unpaired) electrons. The molecule has 1 heterocycles. The molecule has 0 spiro atoms. The standard InChI is InChI=1S/C9H8ClN3O2/c1-3-6(2)12-9-8(13(14)15)4-7(10)5-11-9/h1,4-6H,2H3,(H,11,12). The van der Waals surface area contributed by atoms with Crippen LogP contribution in [0.3, 0.4) is 0 Å². The minimum Gasteiger partial charge on any atom is -0.351 e. The Morgan fingerprint density at radius 3 is 3.00 bits per heavy atom. The molecule has 0 aliphatic carbocycles. The van der Waals surface area contributed by atoms with Gasteiger partial charge in [0.15, 0.2) is 0 Å². The van der Waals surface area contributed by atoms with Gasteiger partial charge in [0, 0.05) is 12.3 Å². The highest BCUT2D eigenvalue weighted by molar-refractivity contribution is 6.30. The maximum atomic E-state index is 10.7. The number of anilines is 1. The average molecular weight is 226 g/mol. The Balaban J connectivity index is 3.07. The lowest BCUT2D eigenvalue weighted by Crippen LogP contribution is -2.14. The third-order valence-corrected chi connectivity index (χ3v) is 1.84. The van der Waals surface area contributed by atoms with Crippen LogP contribution in [0.2, 0.25) is 5.02 Å². The van der Waals surface area contributed by atoms with Crippen LogP contribution in [-0.2, 0) is 0 Å². The summed E-state index contributed by atoms with van der Waals surface area (Å²) in [4.78, 5) is 13.9. The molecule has 0 aliphatic rings. The molecule has 6 heteroatoms. The maximum absolute atomic E-state index is 10.7. The van der Waals surface area contributed by atoms with Crippen LogP contribution in [0.25, 0.3) is 0 Å². The van der Waals surface area contributed by atoms with Gasteiger partial charge in [0.05, 0.1) is 16.0 Å². The summed E-state index contributed by atoms with van der Waals surface area (Å²) in [6.45, 7) is 1.69. The van der Waals surface area contributed by atoms with E-state index in [1.165, 1.54) is 12.3 Å². The molecule has 78 valence electrons. The van der Waals surface area contributed by atoms with E-state index in [1.54, 1.807) is 6.92 Å². The summed E-state index contributed by atoms with van der Waals surface area (Å²) >= 11 is 5.60. The lowest BCUT2D eigenvalue weighted by Gasteiger charge is -2.08. The zero-order chi connectivity index (χ0) is 11.4. The molecular weight excluding hydrogens is 218 g/mol. The molecule has 1 unspecified atom stereocenters. The first-order chi connectivity index (χ1) is 7.04. The minimum absolute atomic E-state index is 0.120. The van der Waals surface area contributed by atoms with E-state index in [4.69, 9.17) is 18.0 Å². The third-order valence-electron chi connectivity index (χ3n) is 1.63. The third kappa shape index (κ3) is 2.82. The van der Waals surface area contributed by atoms with E-state index in [2.05, 4.69) is 16.2 Å². The number of nitro groups is 1. The van der Waals surface area contributed by atoms with Gasteiger partial charge in [-0.1, -0.05) is 17.5 Å². The molecule has 1 aromatic rings. The molecule has 0 aromatic carbocycles. The van der Waals surface area contributed by atoms with Crippen molar-refractivity contribution in [1.29, 1.82) is 0 Å². The first-order valence-electron chi connectivity index (χ1n) is 4.07. The molecule has 0 aliphatic heterocycles. The van der Waals surface area contributed by atoms with Crippen molar-refractivity contribution in [3.63, 3.8) is 0 Å². The number of nitrogens with zero attached hydrogens (tertiary/aromatic N) is 2. The zero-order valence-corrected chi connectivity index (χ0v) is 8.65. The van der Waals surface area contributed by atoms with Crippen molar-refractivity contribution in [2.24, 2.45) is 0 Å². The normalized spacial score (nSPS) is 11.5. The fourth-order valence-electron chi connectivity index (χ4n) is 0.926. The second-order valence-corrected chi connectivity index (χ2v) is 3.25. The number of hydrogen-bond donors (Lipinski definition) is 1. The Kier molecular flexibility index (Phi) is 3.47. The summed E-state index contributed by atoms with van der Waals surface area (Å²) in [5, 5.41) is 13.6. The van der Waals surface area contributed by atoms with Gasteiger partial charge in [-0.2, -0.15) is 0 Å². The lowest BCUT2D eigenvalue weighted by atomic mass is 10.3. The minimum atomic E-state index is -0.565. The lowest BCUT2D eigenvalue weighted by molar-refractivity contribution is -0.384. The van der Waals surface area contributed by atoms with Crippen LogP contribution in [0.5, 0.6) is 0 Å². The van der Waals surface area contributed by atoms with Gasteiger partial charge < -0.3 is 5.32 Å². The number of terminal acetylenes is 1. The number of aromatic nitrogens is 1. The van der Waals surface area contributed by atoms with Gasteiger partial charge in [-0.05, 0) is 6.92 Å². The van der Waals surface area contributed by atoms with Crippen molar-refractivity contribution in [2.75, 3.05) is 5.32 Å². The van der Waals surface area contributed by atoms with Crippen LogP contribution in [0, 0.1) is 22.5 Å². The van der Waals surface area contributed by atoms with Gasteiger partial charge in [-0.25, -0.2) is 4.98 Å². The summed E-state index contributed by atoms with van der Waals surface area (Å²) in [6, 6.07) is 0.887. The van der Waals surface area contributed by atoms with Crippen molar-refractivity contribution in [1.82, 2.24) is 4.98 Å². The Morgan fingerprint density at radius 1 is 1.80 bits per heavy atom. The molecule has 1 aromatic heterocycles. The number of halogens is 1. The van der Waals surface area contributed by atoms with E-state index in [0.29, 0.717) is 0 Å². The van der Waals surface area contributed by atoms with Gasteiger partial charge in [0.2, 0.25) is 5.82 Å². The van der Waals surface area contributed by atoms with Crippen molar-refractivity contribution in [3.8, 4) is 12.3 Å². The van der Waals surface area contributed by atoms with Crippen LogP contribution >= 0.6 is 11.6 Å². The van der Waals surface area contributed by atoms with E-state index < -0.39 is 4.92 Å². The highest BCUT2D eigenvalue weighted by Gasteiger charge is 2.16. The summed E-state index contributed by atoms with van der Waals surface area (Å²) in [5.41, 5.74) is -0.190. The van der Waals surface area contributed by atoms with Crippen LogP contribution in [0.1, 0.15) is 6.92 Å². The van der Waals surface area contributed by atoms with E-state index in [9.17, 15) is 10.1 Å². The largest absolute Gasteiger partial charge is 0.351 e. The Hall–Kier alpha value is -1.80. The first-order valence-corrected chi connectivity index (χ1v) is 4.45. The van der Waals surface area contributed by atoms with Gasteiger partial charge in [-0.15, -0.1) is 6.42 Å². The van der Waals surface area contributed by atoms with E-state index >= 15 is 0 Å². The van der Waals surface area contributed by atoms with Crippen molar-refractivity contribution in [2.45, 2.75) is 13.0 Å². The summed E-state index contributed by atoms with van der Waals surface area (Å²) in [6.07, 6.45) is 6.46. The topological polar surface area (TPSA) is 68.1 Å². The molecule has 0 fully saturated rings. The van der Waals surface area contributed by atoms with E-state index in [1.807, 2.05) is 0 Å². The quantitative estimate of drug-likeness (QED) is 0.486. The average Bonchev–Trinajstić information content (AvgIpc) is 2.20. The first kappa shape index (κ1) is 11.3. The second-order valence-electron chi connectivity index (χ2n) is 2.81. The molecule has 15 heavy (non-hydrogen) atoms. The van der Waals surface area contributed by atoms with Crippen molar-refractivity contribution in [3.05, 3.63) is 27.4 Å².